The van der Waals surface area contributed by atoms with Crippen LogP contribution in [0, 0.1) is 0 Å². The van der Waals surface area contributed by atoms with Crippen molar-refractivity contribution >= 4 is 29.5 Å². The number of hydrogen-bond donors (Lipinski definition) is 2. The molecule has 0 bridgehead atoms. The number of nitrogens with zero attached hydrogens (tertiary/aromatic N) is 3. The molecule has 0 unspecified atom stereocenters. The fourth-order valence-corrected chi connectivity index (χ4v) is 4.19. The Bertz CT molecular complexity index is 1000. The lowest BCUT2D eigenvalue weighted by molar-refractivity contribution is 0.0498. The summed E-state index contributed by atoms with van der Waals surface area (Å²) in [6.07, 6.45) is 1.44. The van der Waals surface area contributed by atoms with Gasteiger partial charge in [0.15, 0.2) is 5.69 Å². The summed E-state index contributed by atoms with van der Waals surface area (Å²) < 4.78 is 12.3. The number of carboxylic acids is 1. The van der Waals surface area contributed by atoms with Gasteiger partial charge in [-0.25, -0.2) is 14.3 Å². The molecule has 3 rings (SSSR count). The molecule has 2 heterocycles. The number of aromatic nitrogens is 2. The summed E-state index contributed by atoms with van der Waals surface area (Å²) in [6.45, 7) is 6.73. The van der Waals surface area contributed by atoms with Crippen LogP contribution in [0.25, 0.3) is 0 Å². The number of piperidine rings is 1. The summed E-state index contributed by atoms with van der Waals surface area (Å²) in [5, 5.41) is 17.7. The van der Waals surface area contributed by atoms with E-state index in [1.165, 1.54) is 7.11 Å². The second-order valence-corrected chi connectivity index (χ2v) is 9.48. The van der Waals surface area contributed by atoms with Gasteiger partial charge in [-0.05, 0) is 45.2 Å². The predicted molar refractivity (Wildman–Crippen MR) is 125 cm³/mol. The minimum Gasteiger partial charge on any atom is -0.476 e. The molecular weight excluding hydrogens is 448 g/mol. The van der Waals surface area contributed by atoms with Crippen molar-refractivity contribution in [2.75, 3.05) is 25.1 Å². The smallest absolute Gasteiger partial charge is 0.407 e. The highest BCUT2D eigenvalue weighted by Crippen LogP contribution is 2.31. The zero-order valence-corrected chi connectivity index (χ0v) is 20.2. The Hall–Kier alpha value is -2.78. The number of ether oxygens (including phenoxy) is 2. The molecule has 1 aromatic heterocycles. The SMILES string of the molecule is COCn1nc(C(=O)O)c(Cc2ccccc2Cl)c1N1CCC[C@H](NC(=O)OC(C)(C)C)C1. The lowest BCUT2D eigenvalue weighted by Crippen LogP contribution is -2.49. The molecule has 9 nitrogen and oxygen atoms in total. The van der Waals surface area contributed by atoms with Gasteiger partial charge in [-0.15, -0.1) is 0 Å². The number of anilines is 1. The van der Waals surface area contributed by atoms with E-state index < -0.39 is 17.7 Å². The Balaban J connectivity index is 1.93. The molecule has 2 aromatic rings. The summed E-state index contributed by atoms with van der Waals surface area (Å²) >= 11 is 6.37. The van der Waals surface area contributed by atoms with E-state index in [4.69, 9.17) is 21.1 Å². The van der Waals surface area contributed by atoms with E-state index in [1.54, 1.807) is 10.7 Å². The molecule has 1 saturated heterocycles. The monoisotopic (exact) mass is 478 g/mol. The maximum Gasteiger partial charge on any atom is 0.407 e. The van der Waals surface area contributed by atoms with Gasteiger partial charge in [-0.2, -0.15) is 5.10 Å². The van der Waals surface area contributed by atoms with Crippen molar-refractivity contribution in [1.82, 2.24) is 15.1 Å². The highest BCUT2D eigenvalue weighted by atomic mass is 35.5. The van der Waals surface area contributed by atoms with Crippen molar-refractivity contribution in [3.05, 3.63) is 46.1 Å². The van der Waals surface area contributed by atoms with E-state index in [-0.39, 0.29) is 18.5 Å². The highest BCUT2D eigenvalue weighted by Gasteiger charge is 2.31. The number of carboxylic acid groups (broad SMARTS) is 1. The average molecular weight is 479 g/mol. The number of aromatic carboxylic acids is 1. The number of amides is 1. The third-order valence-corrected chi connectivity index (χ3v) is 5.61. The molecule has 1 aromatic carbocycles. The molecule has 1 aliphatic heterocycles. The van der Waals surface area contributed by atoms with Crippen LogP contribution in [0.5, 0.6) is 0 Å². The van der Waals surface area contributed by atoms with E-state index in [0.29, 0.717) is 35.9 Å². The minimum absolute atomic E-state index is 0.0378. The number of methoxy groups -OCH3 is 1. The number of hydrogen-bond acceptors (Lipinski definition) is 6. The molecule has 0 radical (unpaired) electrons. The maximum atomic E-state index is 12.3. The second kappa shape index (κ2) is 10.4. The summed E-state index contributed by atoms with van der Waals surface area (Å²) in [4.78, 5) is 26.4. The molecule has 10 heteroatoms. The number of halogens is 1. The standard InChI is InChI=1S/C23H31ClN4O5/c1-23(2,3)33-22(31)25-16-9-7-11-27(13-16)20-17(12-15-8-5-6-10-18(15)24)19(21(29)30)26-28(20)14-32-4/h5-6,8,10,16H,7,9,11-14H2,1-4H3,(H,25,31)(H,29,30)/t16-/m0/s1. The van der Waals surface area contributed by atoms with Gasteiger partial charge in [-0.1, -0.05) is 29.8 Å². The van der Waals surface area contributed by atoms with Crippen LogP contribution in [0.15, 0.2) is 24.3 Å². The van der Waals surface area contributed by atoms with E-state index in [9.17, 15) is 14.7 Å². The third kappa shape index (κ3) is 6.39. The van der Waals surface area contributed by atoms with E-state index in [2.05, 4.69) is 15.3 Å². The van der Waals surface area contributed by atoms with E-state index in [1.807, 2.05) is 39.0 Å². The zero-order valence-electron chi connectivity index (χ0n) is 19.4. The van der Waals surface area contributed by atoms with Crippen molar-refractivity contribution < 1.29 is 24.2 Å². The topological polar surface area (TPSA) is 106 Å². The highest BCUT2D eigenvalue weighted by molar-refractivity contribution is 6.31. The molecule has 2 N–H and O–H groups in total. The first-order valence-electron chi connectivity index (χ1n) is 10.9. The van der Waals surface area contributed by atoms with Crippen LogP contribution in [-0.2, 0) is 22.6 Å². The van der Waals surface area contributed by atoms with Crippen molar-refractivity contribution in [2.45, 2.75) is 58.4 Å². The molecule has 180 valence electrons. The molecule has 0 spiro atoms. The van der Waals surface area contributed by atoms with Gasteiger partial charge in [0.05, 0.1) is 0 Å². The van der Waals surface area contributed by atoms with Crippen LogP contribution < -0.4 is 10.2 Å². The van der Waals surface area contributed by atoms with Gasteiger partial charge in [0.25, 0.3) is 0 Å². The van der Waals surface area contributed by atoms with E-state index >= 15 is 0 Å². The first-order valence-corrected chi connectivity index (χ1v) is 11.3. The summed E-state index contributed by atoms with van der Waals surface area (Å²) in [5.74, 6) is -0.460. The first kappa shape index (κ1) is 24.9. The van der Waals surface area contributed by atoms with Crippen LogP contribution in [-0.4, -0.2) is 58.8 Å². The quantitative estimate of drug-likeness (QED) is 0.621. The first-order chi connectivity index (χ1) is 15.6. The maximum absolute atomic E-state index is 12.3. The van der Waals surface area contributed by atoms with Crippen LogP contribution in [0.1, 0.15) is 55.2 Å². The van der Waals surface area contributed by atoms with Crippen LogP contribution in [0.3, 0.4) is 0 Å². The van der Waals surface area contributed by atoms with Gasteiger partial charge in [0, 0.05) is 43.2 Å². The number of carbonyl (C=O) groups excluding carboxylic acids is 1. The Morgan fingerprint density at radius 2 is 2.03 bits per heavy atom. The second-order valence-electron chi connectivity index (χ2n) is 9.07. The molecule has 1 atom stereocenters. The summed E-state index contributed by atoms with van der Waals surface area (Å²) in [6, 6.07) is 7.19. The molecule has 1 amide bonds. The Labute approximate surface area is 198 Å². The van der Waals surface area contributed by atoms with Gasteiger partial charge in [0.2, 0.25) is 0 Å². The van der Waals surface area contributed by atoms with Crippen molar-refractivity contribution in [3.8, 4) is 0 Å². The van der Waals surface area contributed by atoms with Gasteiger partial charge >= 0.3 is 12.1 Å². The number of carbonyl (C=O) groups is 2. The predicted octanol–water partition coefficient (Wildman–Crippen LogP) is 3.92. The minimum atomic E-state index is -1.12. The number of alkyl carbamates (subject to hydrolysis) is 1. The molecule has 0 aliphatic carbocycles. The molecule has 1 fully saturated rings. The third-order valence-electron chi connectivity index (χ3n) is 5.24. The number of benzene rings is 1. The van der Waals surface area contributed by atoms with Gasteiger partial charge in [-0.3, -0.25) is 0 Å². The summed E-state index contributed by atoms with van der Waals surface area (Å²) in [5.41, 5.74) is 0.740. The Morgan fingerprint density at radius 1 is 1.30 bits per heavy atom. The lowest BCUT2D eigenvalue weighted by atomic mass is 10.0. The molecule has 33 heavy (non-hydrogen) atoms. The lowest BCUT2D eigenvalue weighted by Gasteiger charge is -2.35. The van der Waals surface area contributed by atoms with Crippen LogP contribution >= 0.6 is 11.6 Å². The van der Waals surface area contributed by atoms with Crippen molar-refractivity contribution in [1.29, 1.82) is 0 Å². The zero-order chi connectivity index (χ0) is 24.2. The van der Waals surface area contributed by atoms with Crippen LogP contribution in [0.4, 0.5) is 10.6 Å². The Morgan fingerprint density at radius 3 is 2.67 bits per heavy atom. The Kier molecular flexibility index (Phi) is 7.86. The van der Waals surface area contributed by atoms with Gasteiger partial charge < -0.3 is 24.8 Å². The summed E-state index contributed by atoms with van der Waals surface area (Å²) in [7, 11) is 1.53. The van der Waals surface area contributed by atoms with Crippen molar-refractivity contribution in [2.24, 2.45) is 0 Å². The largest absolute Gasteiger partial charge is 0.476 e. The number of nitrogens with one attached hydrogen (secondary N) is 1. The molecule has 0 saturated carbocycles. The van der Waals surface area contributed by atoms with Crippen molar-refractivity contribution in [3.63, 3.8) is 0 Å². The van der Waals surface area contributed by atoms with E-state index in [0.717, 1.165) is 18.4 Å². The average Bonchev–Trinajstić information content (AvgIpc) is 3.07. The number of rotatable bonds is 7. The fourth-order valence-electron chi connectivity index (χ4n) is 3.98. The molecular formula is C23H31ClN4O5. The fraction of sp³-hybridized carbons (Fsp3) is 0.522. The normalized spacial score (nSPS) is 16.5. The van der Waals surface area contributed by atoms with Crippen LogP contribution in [0.2, 0.25) is 5.02 Å². The molecule has 1 aliphatic rings. The van der Waals surface area contributed by atoms with Gasteiger partial charge in [0.1, 0.15) is 18.1 Å².